The van der Waals surface area contributed by atoms with E-state index in [1.165, 1.54) is 0 Å². The summed E-state index contributed by atoms with van der Waals surface area (Å²) in [6, 6.07) is 0. The lowest BCUT2D eigenvalue weighted by Crippen LogP contribution is -2.24. The molecule has 5 nitrogen and oxygen atoms in total. The van der Waals surface area contributed by atoms with Gasteiger partial charge in [0.05, 0.1) is 0 Å². The van der Waals surface area contributed by atoms with Crippen molar-refractivity contribution in [3.63, 3.8) is 0 Å². The second-order valence-electron chi connectivity index (χ2n) is 1.99. The van der Waals surface area contributed by atoms with Gasteiger partial charge < -0.3 is 0 Å². The first-order valence-electron chi connectivity index (χ1n) is 2.41. The zero-order valence-electron chi connectivity index (χ0n) is 5.56. The Morgan fingerprint density at radius 3 is 1.82 bits per heavy atom. The molecule has 0 fully saturated rings. The first kappa shape index (κ1) is 10.8. The van der Waals surface area contributed by atoms with E-state index < -0.39 is 31.2 Å². The molecule has 0 aromatic heterocycles. The van der Waals surface area contributed by atoms with Gasteiger partial charge in [0.15, 0.2) is 9.84 Å². The first-order chi connectivity index (χ1) is 4.63. The number of rotatable bonds is 3. The fourth-order valence-corrected chi connectivity index (χ4v) is 2.13. The third kappa shape index (κ3) is 5.10. The van der Waals surface area contributed by atoms with Crippen molar-refractivity contribution in [2.24, 2.45) is 0 Å². The van der Waals surface area contributed by atoms with Gasteiger partial charge in [-0.25, -0.2) is 12.8 Å². The largest absolute Gasteiger partial charge is 0.285 e. The van der Waals surface area contributed by atoms with Crippen molar-refractivity contribution >= 4 is 20.0 Å². The van der Waals surface area contributed by atoms with E-state index in [1.807, 2.05) is 0 Å². The minimum Gasteiger partial charge on any atom is -0.285 e. The molecule has 0 rings (SSSR count). The van der Waals surface area contributed by atoms with Gasteiger partial charge in [0.1, 0.15) is 5.75 Å². The number of sulfone groups is 1. The highest BCUT2D eigenvalue weighted by atomic mass is 32.2. The molecule has 0 bridgehead atoms. The summed E-state index contributed by atoms with van der Waals surface area (Å²) < 4.78 is 60.7. The predicted octanol–water partition coefficient (Wildman–Crippen LogP) is -0.786. The summed E-state index contributed by atoms with van der Waals surface area (Å²) in [5.41, 5.74) is -2.56. The average molecular weight is 206 g/mol. The van der Waals surface area contributed by atoms with E-state index in [1.54, 1.807) is 0 Å². The van der Waals surface area contributed by atoms with Crippen molar-refractivity contribution in [1.82, 2.24) is 0 Å². The van der Waals surface area contributed by atoms with Crippen LogP contribution in [-0.2, 0) is 20.0 Å². The molecule has 0 aromatic rings. The zero-order valence-corrected chi connectivity index (χ0v) is 7.19. The molecule has 0 aliphatic carbocycles. The van der Waals surface area contributed by atoms with Gasteiger partial charge in [-0.1, -0.05) is 0 Å². The fraction of sp³-hybridized carbons (Fsp3) is 1.00. The normalized spacial score (nSPS) is 16.3. The van der Waals surface area contributed by atoms with Crippen molar-refractivity contribution in [3.8, 4) is 0 Å². The summed E-state index contributed by atoms with van der Waals surface area (Å²) in [7, 11) is -8.60. The van der Waals surface area contributed by atoms with E-state index in [-0.39, 0.29) is 0 Å². The van der Waals surface area contributed by atoms with Crippen LogP contribution < -0.4 is 0 Å². The first-order valence-corrected chi connectivity index (χ1v) is 5.97. The molecular formula is C3H7FO5S2. The van der Waals surface area contributed by atoms with E-state index in [0.29, 0.717) is 6.26 Å². The van der Waals surface area contributed by atoms with E-state index >= 15 is 0 Å². The van der Waals surface area contributed by atoms with Gasteiger partial charge in [-0.15, -0.1) is 0 Å². The maximum absolute atomic E-state index is 12.3. The van der Waals surface area contributed by atoms with Crippen molar-refractivity contribution in [2.75, 3.05) is 12.0 Å². The van der Waals surface area contributed by atoms with Crippen LogP contribution in [0.1, 0.15) is 0 Å². The highest BCUT2D eigenvalue weighted by Crippen LogP contribution is 2.03. The lowest BCUT2D eigenvalue weighted by molar-refractivity contribution is 0.423. The van der Waals surface area contributed by atoms with E-state index in [2.05, 4.69) is 0 Å². The molecule has 11 heavy (non-hydrogen) atoms. The second kappa shape index (κ2) is 3.03. The Balaban J connectivity index is 4.47. The standard InChI is InChI=1S/C3H7FO5S2/c1-10(5,6)3(4)2-11(7,8)9/h3H,2H2,1H3,(H,7,8,9). The van der Waals surface area contributed by atoms with E-state index in [0.717, 1.165) is 0 Å². The van der Waals surface area contributed by atoms with Crippen molar-refractivity contribution in [3.05, 3.63) is 0 Å². The maximum Gasteiger partial charge on any atom is 0.268 e. The smallest absolute Gasteiger partial charge is 0.268 e. The highest BCUT2D eigenvalue weighted by Gasteiger charge is 2.25. The molecule has 0 amide bonds. The minimum atomic E-state index is -4.56. The minimum absolute atomic E-state index is 0.544. The molecule has 68 valence electrons. The van der Waals surface area contributed by atoms with Crippen LogP contribution in [0, 0.1) is 0 Å². The number of hydrogen-bond donors (Lipinski definition) is 1. The van der Waals surface area contributed by atoms with Gasteiger partial charge in [-0.05, 0) is 0 Å². The number of hydrogen-bond acceptors (Lipinski definition) is 4. The van der Waals surface area contributed by atoms with Gasteiger partial charge >= 0.3 is 0 Å². The monoisotopic (exact) mass is 206 g/mol. The Morgan fingerprint density at radius 1 is 1.36 bits per heavy atom. The van der Waals surface area contributed by atoms with Gasteiger partial charge in [-0.2, -0.15) is 8.42 Å². The molecule has 0 heterocycles. The fourth-order valence-electron chi connectivity index (χ4n) is 0.289. The molecule has 8 heteroatoms. The summed E-state index contributed by atoms with van der Waals surface area (Å²) in [5.74, 6) is -1.41. The Labute approximate surface area is 63.9 Å². The Morgan fingerprint density at radius 2 is 1.73 bits per heavy atom. The van der Waals surface area contributed by atoms with Crippen LogP contribution in [0.15, 0.2) is 0 Å². The maximum atomic E-state index is 12.3. The summed E-state index contributed by atoms with van der Waals surface area (Å²) in [6.07, 6.45) is 0.544. The average Bonchev–Trinajstić information content (AvgIpc) is 1.56. The van der Waals surface area contributed by atoms with Gasteiger partial charge in [0.25, 0.3) is 10.1 Å². The van der Waals surface area contributed by atoms with Crippen LogP contribution in [-0.4, -0.2) is 38.9 Å². The van der Waals surface area contributed by atoms with Crippen molar-refractivity contribution in [1.29, 1.82) is 0 Å². The van der Waals surface area contributed by atoms with Crippen molar-refractivity contribution in [2.45, 2.75) is 5.50 Å². The molecule has 1 atom stereocenters. The summed E-state index contributed by atoms with van der Waals surface area (Å²) in [4.78, 5) is 0. The molecule has 0 aliphatic rings. The van der Waals surface area contributed by atoms with Crippen LogP contribution in [0.5, 0.6) is 0 Å². The lowest BCUT2D eigenvalue weighted by Gasteiger charge is -2.01. The number of alkyl halides is 1. The molecule has 0 spiro atoms. The summed E-state index contributed by atoms with van der Waals surface area (Å²) in [6.45, 7) is 0. The molecule has 0 radical (unpaired) electrons. The van der Waals surface area contributed by atoms with Gasteiger partial charge in [0.2, 0.25) is 5.50 Å². The summed E-state index contributed by atoms with van der Waals surface area (Å²) >= 11 is 0. The molecular weight excluding hydrogens is 199 g/mol. The lowest BCUT2D eigenvalue weighted by atomic mass is 10.9. The van der Waals surface area contributed by atoms with E-state index in [9.17, 15) is 21.2 Å². The second-order valence-corrected chi connectivity index (χ2v) is 5.66. The zero-order chi connectivity index (χ0) is 9.28. The molecule has 1 N–H and O–H groups in total. The Kier molecular flexibility index (Phi) is 2.98. The molecule has 0 aromatic carbocycles. The highest BCUT2D eigenvalue weighted by molar-refractivity contribution is 7.93. The van der Waals surface area contributed by atoms with Crippen LogP contribution in [0.3, 0.4) is 0 Å². The Hall–Kier alpha value is -0.210. The predicted molar refractivity (Wildman–Crippen MR) is 36.2 cm³/mol. The topological polar surface area (TPSA) is 88.5 Å². The van der Waals surface area contributed by atoms with Crippen molar-refractivity contribution < 1.29 is 25.8 Å². The van der Waals surface area contributed by atoms with Gasteiger partial charge in [-0.3, -0.25) is 4.55 Å². The molecule has 0 saturated carbocycles. The SMILES string of the molecule is CS(=O)(=O)C(F)CS(=O)(=O)O. The quantitative estimate of drug-likeness (QED) is 0.611. The molecule has 0 saturated heterocycles. The van der Waals surface area contributed by atoms with Crippen LogP contribution >= 0.6 is 0 Å². The van der Waals surface area contributed by atoms with Gasteiger partial charge in [0, 0.05) is 6.26 Å². The molecule has 1 unspecified atom stereocenters. The van der Waals surface area contributed by atoms with Crippen LogP contribution in [0.25, 0.3) is 0 Å². The van der Waals surface area contributed by atoms with E-state index in [4.69, 9.17) is 4.55 Å². The number of halogens is 1. The molecule has 0 aliphatic heterocycles. The summed E-state index contributed by atoms with van der Waals surface area (Å²) in [5, 5.41) is 0. The third-order valence-electron chi connectivity index (χ3n) is 0.806. The third-order valence-corrected chi connectivity index (χ3v) is 2.83. The van der Waals surface area contributed by atoms with Crippen LogP contribution in [0.4, 0.5) is 4.39 Å². The van der Waals surface area contributed by atoms with Crippen LogP contribution in [0.2, 0.25) is 0 Å². The Bertz CT molecular complexity index is 314.